The molecule has 1 rings (SSSR count). The van der Waals surface area contributed by atoms with Crippen LogP contribution in [0.1, 0.15) is 17.4 Å². The second kappa shape index (κ2) is 3.85. The maximum absolute atomic E-state index is 12.1. The molecule has 0 aliphatic rings. The lowest BCUT2D eigenvalue weighted by Gasteiger charge is -2.01. The number of hydrogen-bond acceptors (Lipinski definition) is 3. The van der Waals surface area contributed by atoms with Gasteiger partial charge in [0.05, 0.1) is 6.61 Å². The Hall–Kier alpha value is -1.39. The van der Waals surface area contributed by atoms with Crippen molar-refractivity contribution in [3.63, 3.8) is 0 Å². The Morgan fingerprint density at radius 1 is 1.83 bits per heavy atom. The minimum absolute atomic E-state index is 0.138. The van der Waals surface area contributed by atoms with Gasteiger partial charge in [-0.15, -0.1) is 0 Å². The minimum Gasteiger partial charge on any atom is -0.461 e. The number of nitrogens with zero attached hydrogens (tertiary/aromatic N) is 2. The van der Waals surface area contributed by atoms with Crippen LogP contribution in [0.4, 0.5) is 4.39 Å². The minimum atomic E-state index is -0.818. The number of carbonyl (C=O) groups is 1. The second-order valence-electron chi connectivity index (χ2n) is 2.06. The molecule has 0 aromatic carbocycles. The summed E-state index contributed by atoms with van der Waals surface area (Å²) in [6.45, 7) is 1.14. The van der Waals surface area contributed by atoms with Crippen LogP contribution in [-0.4, -0.2) is 22.4 Å². The molecule has 0 amide bonds. The smallest absolute Gasteiger partial charge is 0.356 e. The summed E-state index contributed by atoms with van der Waals surface area (Å²) in [5, 5.41) is 3.58. The van der Waals surface area contributed by atoms with Gasteiger partial charge in [0.25, 0.3) is 0 Å². The molecule has 5 heteroatoms. The maximum Gasteiger partial charge on any atom is 0.356 e. The quantitative estimate of drug-likeness (QED) is 0.638. The van der Waals surface area contributed by atoms with Gasteiger partial charge < -0.3 is 4.74 Å². The zero-order chi connectivity index (χ0) is 8.97. The predicted molar refractivity (Wildman–Crippen MR) is 39.3 cm³/mol. The molecule has 0 radical (unpaired) electrons. The van der Waals surface area contributed by atoms with Gasteiger partial charge in [0, 0.05) is 6.20 Å². The second-order valence-corrected chi connectivity index (χ2v) is 2.06. The van der Waals surface area contributed by atoms with Gasteiger partial charge in [-0.05, 0) is 13.0 Å². The fraction of sp³-hybridized carbons (Fsp3) is 0.429. The van der Waals surface area contributed by atoms with Crippen LogP contribution in [0.3, 0.4) is 0 Å². The third-order valence-corrected chi connectivity index (χ3v) is 1.31. The van der Waals surface area contributed by atoms with Gasteiger partial charge in [0.15, 0.2) is 6.80 Å². The van der Waals surface area contributed by atoms with Crippen molar-refractivity contribution in [2.24, 2.45) is 0 Å². The largest absolute Gasteiger partial charge is 0.461 e. The molecular weight excluding hydrogens is 163 g/mol. The van der Waals surface area contributed by atoms with Crippen molar-refractivity contribution in [2.45, 2.75) is 13.7 Å². The molecule has 0 spiro atoms. The third kappa shape index (κ3) is 1.61. The number of alkyl halides is 1. The summed E-state index contributed by atoms with van der Waals surface area (Å²) in [5.74, 6) is -0.548. The topological polar surface area (TPSA) is 44.1 Å². The van der Waals surface area contributed by atoms with E-state index >= 15 is 0 Å². The van der Waals surface area contributed by atoms with Crippen molar-refractivity contribution in [1.29, 1.82) is 0 Å². The van der Waals surface area contributed by atoms with Crippen molar-refractivity contribution in [3.05, 3.63) is 18.0 Å². The van der Waals surface area contributed by atoms with Gasteiger partial charge in [0.1, 0.15) is 5.69 Å². The summed E-state index contributed by atoms with van der Waals surface area (Å²) in [4.78, 5) is 11.0. The van der Waals surface area contributed by atoms with Crippen molar-refractivity contribution in [2.75, 3.05) is 6.61 Å². The lowest BCUT2D eigenvalue weighted by atomic mass is 10.4. The lowest BCUT2D eigenvalue weighted by Crippen LogP contribution is -2.11. The fourth-order valence-corrected chi connectivity index (χ4v) is 0.806. The van der Waals surface area contributed by atoms with E-state index in [2.05, 4.69) is 9.84 Å². The van der Waals surface area contributed by atoms with Gasteiger partial charge in [-0.1, -0.05) is 0 Å². The molecule has 0 bridgehead atoms. The van der Waals surface area contributed by atoms with Gasteiger partial charge in [0.2, 0.25) is 0 Å². The van der Waals surface area contributed by atoms with Crippen molar-refractivity contribution in [1.82, 2.24) is 9.78 Å². The molecular formula is C7H9FN2O2. The van der Waals surface area contributed by atoms with E-state index in [4.69, 9.17) is 0 Å². The van der Waals surface area contributed by atoms with E-state index in [9.17, 15) is 9.18 Å². The summed E-state index contributed by atoms with van der Waals surface area (Å²) < 4.78 is 17.7. The van der Waals surface area contributed by atoms with Crippen LogP contribution in [0.5, 0.6) is 0 Å². The molecule has 0 unspecified atom stereocenters. The van der Waals surface area contributed by atoms with Crippen molar-refractivity contribution < 1.29 is 13.9 Å². The van der Waals surface area contributed by atoms with Crippen molar-refractivity contribution >= 4 is 5.97 Å². The van der Waals surface area contributed by atoms with E-state index in [1.807, 2.05) is 0 Å². The van der Waals surface area contributed by atoms with Crippen LogP contribution < -0.4 is 0 Å². The molecule has 1 aromatic rings. The number of ether oxygens (including phenoxy) is 1. The summed E-state index contributed by atoms with van der Waals surface area (Å²) in [5.41, 5.74) is 0.138. The Balaban J connectivity index is 2.79. The molecule has 1 aromatic heterocycles. The SMILES string of the molecule is CCOC(=O)c1ccnn1CF. The van der Waals surface area contributed by atoms with Gasteiger partial charge in [-0.25, -0.2) is 13.9 Å². The number of esters is 1. The molecule has 0 atom stereocenters. The molecule has 4 nitrogen and oxygen atoms in total. The molecule has 0 saturated carbocycles. The molecule has 0 aliphatic heterocycles. The standard InChI is InChI=1S/C7H9FN2O2/c1-2-12-7(11)6-3-4-9-10(6)5-8/h3-4H,2,5H2,1H3. The average Bonchev–Trinajstić information content (AvgIpc) is 2.51. The van der Waals surface area contributed by atoms with Crippen LogP contribution in [0.25, 0.3) is 0 Å². The highest BCUT2D eigenvalue weighted by molar-refractivity contribution is 5.87. The molecule has 0 fully saturated rings. The molecule has 0 saturated heterocycles. The van der Waals surface area contributed by atoms with Crippen LogP contribution in [-0.2, 0) is 11.5 Å². The first-order valence-corrected chi connectivity index (χ1v) is 3.54. The van der Waals surface area contributed by atoms with E-state index < -0.39 is 12.8 Å². The van der Waals surface area contributed by atoms with Gasteiger partial charge >= 0.3 is 5.97 Å². The van der Waals surface area contributed by atoms with Gasteiger partial charge in [-0.3, -0.25) is 0 Å². The maximum atomic E-state index is 12.1. The zero-order valence-electron chi connectivity index (χ0n) is 6.66. The van der Waals surface area contributed by atoms with E-state index in [0.717, 1.165) is 4.68 Å². The Kier molecular flexibility index (Phi) is 2.79. The van der Waals surface area contributed by atoms with E-state index in [0.29, 0.717) is 0 Å². The molecule has 66 valence electrons. The first kappa shape index (κ1) is 8.70. The highest BCUT2D eigenvalue weighted by Gasteiger charge is 2.11. The fourth-order valence-electron chi connectivity index (χ4n) is 0.806. The average molecular weight is 172 g/mol. The number of halogens is 1. The summed E-state index contributed by atoms with van der Waals surface area (Å²) in [6.07, 6.45) is 1.35. The lowest BCUT2D eigenvalue weighted by molar-refractivity contribution is 0.0507. The van der Waals surface area contributed by atoms with Crippen LogP contribution in [0, 0.1) is 0 Å². The highest BCUT2D eigenvalue weighted by Crippen LogP contribution is 2.01. The van der Waals surface area contributed by atoms with E-state index in [-0.39, 0.29) is 12.3 Å². The van der Waals surface area contributed by atoms with Gasteiger partial charge in [-0.2, -0.15) is 5.10 Å². The van der Waals surface area contributed by atoms with Crippen LogP contribution in [0.2, 0.25) is 0 Å². The Morgan fingerprint density at radius 3 is 3.17 bits per heavy atom. The number of carbonyl (C=O) groups excluding carboxylic acids is 1. The normalized spacial score (nSPS) is 9.83. The number of hydrogen-bond donors (Lipinski definition) is 0. The zero-order valence-corrected chi connectivity index (χ0v) is 6.66. The van der Waals surface area contributed by atoms with Crippen LogP contribution in [0.15, 0.2) is 12.3 Å². The Bertz CT molecular complexity index is 272. The molecule has 12 heavy (non-hydrogen) atoms. The number of rotatable bonds is 3. The molecule has 0 N–H and O–H groups in total. The molecule has 1 heterocycles. The third-order valence-electron chi connectivity index (χ3n) is 1.31. The highest BCUT2D eigenvalue weighted by atomic mass is 19.1. The summed E-state index contributed by atoms with van der Waals surface area (Å²) >= 11 is 0. The monoisotopic (exact) mass is 172 g/mol. The first-order valence-electron chi connectivity index (χ1n) is 3.54. The van der Waals surface area contributed by atoms with E-state index in [1.165, 1.54) is 12.3 Å². The summed E-state index contributed by atoms with van der Waals surface area (Å²) in [6, 6.07) is 1.41. The Morgan fingerprint density at radius 2 is 2.58 bits per heavy atom. The van der Waals surface area contributed by atoms with Crippen molar-refractivity contribution in [3.8, 4) is 0 Å². The Labute approximate surface area is 68.9 Å². The predicted octanol–water partition coefficient (Wildman–Crippen LogP) is 0.987. The first-order chi connectivity index (χ1) is 5.79. The molecule has 0 aliphatic carbocycles. The summed E-state index contributed by atoms with van der Waals surface area (Å²) in [7, 11) is 0. The van der Waals surface area contributed by atoms with E-state index in [1.54, 1.807) is 6.92 Å². The van der Waals surface area contributed by atoms with Crippen LogP contribution >= 0.6 is 0 Å². The number of aromatic nitrogens is 2.